The monoisotopic (exact) mass is 433 g/mol. The first-order valence-corrected chi connectivity index (χ1v) is 11.5. The van der Waals surface area contributed by atoms with Gasteiger partial charge in [0.1, 0.15) is 12.1 Å². The molecule has 6 heteroatoms. The molecule has 2 aromatic rings. The second kappa shape index (κ2) is 9.15. The van der Waals surface area contributed by atoms with Gasteiger partial charge in [0.2, 0.25) is 17.7 Å². The zero-order valence-electron chi connectivity index (χ0n) is 18.7. The van der Waals surface area contributed by atoms with E-state index in [1.54, 1.807) is 17.0 Å². The Bertz CT molecular complexity index is 1010. The van der Waals surface area contributed by atoms with Gasteiger partial charge >= 0.3 is 0 Å². The summed E-state index contributed by atoms with van der Waals surface area (Å²) in [5, 5.41) is 3.07. The smallest absolute Gasteiger partial charge is 0.249 e. The summed E-state index contributed by atoms with van der Waals surface area (Å²) >= 11 is 0. The van der Waals surface area contributed by atoms with Crippen LogP contribution in [0.1, 0.15) is 53.7 Å². The molecule has 1 fully saturated rings. The molecule has 3 N–H and O–H groups in total. The fraction of sp³-hybridized carbons (Fsp3) is 0.423. The van der Waals surface area contributed by atoms with Gasteiger partial charge < -0.3 is 16.0 Å². The van der Waals surface area contributed by atoms with Gasteiger partial charge in [0.05, 0.1) is 0 Å². The van der Waals surface area contributed by atoms with Crippen molar-refractivity contribution in [3.8, 4) is 0 Å². The number of nitrogens with one attached hydrogen (secondary N) is 1. The van der Waals surface area contributed by atoms with Crippen molar-refractivity contribution >= 4 is 17.7 Å². The molecule has 4 rings (SSSR count). The minimum atomic E-state index is -0.568. The van der Waals surface area contributed by atoms with E-state index in [1.807, 2.05) is 38.1 Å². The third-order valence-corrected chi connectivity index (χ3v) is 7.12. The molecule has 1 saturated heterocycles. The summed E-state index contributed by atoms with van der Waals surface area (Å²) in [6.07, 6.45) is 3.12. The van der Waals surface area contributed by atoms with E-state index in [9.17, 15) is 14.4 Å². The zero-order valence-corrected chi connectivity index (χ0v) is 18.7. The fourth-order valence-electron chi connectivity index (χ4n) is 5.37. The molecule has 2 aliphatic rings. The highest BCUT2D eigenvalue weighted by atomic mass is 16.2. The lowest BCUT2D eigenvalue weighted by Crippen LogP contribution is -2.66. The van der Waals surface area contributed by atoms with Gasteiger partial charge in [0, 0.05) is 12.1 Å². The average molecular weight is 434 g/mol. The minimum absolute atomic E-state index is 0.0281. The first-order chi connectivity index (χ1) is 15.4. The number of nitrogens with two attached hydrogens (primary N) is 1. The standard InChI is InChI=1S/C26H31N3O3/c1-3-16(4-2)23-25(31)28-22(20-13-17-9-5-6-10-18(17)14-20)26(32)29(23)15-19-11-7-8-12-21(19)24(27)30/h5-12,16,20,22-23H,3-4,13-15H2,1-2H3,(H2,27,30)(H,28,31)/t22-,23-/m1/s1. The summed E-state index contributed by atoms with van der Waals surface area (Å²) in [6.45, 7) is 4.28. The number of rotatable bonds is 7. The van der Waals surface area contributed by atoms with Crippen molar-refractivity contribution in [2.45, 2.75) is 58.2 Å². The van der Waals surface area contributed by atoms with Gasteiger partial charge in [-0.3, -0.25) is 14.4 Å². The van der Waals surface area contributed by atoms with Crippen LogP contribution in [0.25, 0.3) is 0 Å². The van der Waals surface area contributed by atoms with Crippen LogP contribution in [0.2, 0.25) is 0 Å². The number of primary amides is 1. The second-order valence-corrected chi connectivity index (χ2v) is 8.93. The Balaban J connectivity index is 1.67. The van der Waals surface area contributed by atoms with Crippen molar-refractivity contribution in [1.29, 1.82) is 0 Å². The molecule has 168 valence electrons. The van der Waals surface area contributed by atoms with E-state index in [-0.39, 0.29) is 30.2 Å². The first-order valence-electron chi connectivity index (χ1n) is 11.5. The predicted octanol–water partition coefficient (Wildman–Crippen LogP) is 2.83. The predicted molar refractivity (Wildman–Crippen MR) is 123 cm³/mol. The third kappa shape index (κ3) is 4.01. The molecule has 6 nitrogen and oxygen atoms in total. The van der Waals surface area contributed by atoms with E-state index in [4.69, 9.17) is 5.73 Å². The lowest BCUT2D eigenvalue weighted by atomic mass is 9.85. The maximum atomic E-state index is 13.8. The molecule has 32 heavy (non-hydrogen) atoms. The van der Waals surface area contributed by atoms with Crippen LogP contribution in [-0.2, 0) is 29.0 Å². The summed E-state index contributed by atoms with van der Waals surface area (Å²) in [6, 6.07) is 14.2. The number of carbonyl (C=O) groups excluding carboxylic acids is 3. The maximum Gasteiger partial charge on any atom is 0.249 e. The van der Waals surface area contributed by atoms with Gasteiger partial charge in [-0.25, -0.2) is 0 Å². The van der Waals surface area contributed by atoms with Gasteiger partial charge in [-0.2, -0.15) is 0 Å². The number of fused-ring (bicyclic) bond motifs is 1. The topological polar surface area (TPSA) is 92.5 Å². The quantitative estimate of drug-likeness (QED) is 0.703. The van der Waals surface area contributed by atoms with Crippen LogP contribution in [0, 0.1) is 11.8 Å². The molecule has 1 aliphatic heterocycles. The molecular formula is C26H31N3O3. The van der Waals surface area contributed by atoms with Crippen molar-refractivity contribution in [1.82, 2.24) is 10.2 Å². The molecular weight excluding hydrogens is 402 g/mol. The average Bonchev–Trinajstić information content (AvgIpc) is 3.22. The van der Waals surface area contributed by atoms with Crippen molar-refractivity contribution in [2.24, 2.45) is 17.6 Å². The van der Waals surface area contributed by atoms with Crippen LogP contribution in [0.3, 0.4) is 0 Å². The highest BCUT2D eigenvalue weighted by molar-refractivity contribution is 5.98. The van der Waals surface area contributed by atoms with Gasteiger partial charge in [0.15, 0.2) is 0 Å². The summed E-state index contributed by atoms with van der Waals surface area (Å²) in [5.41, 5.74) is 9.13. The van der Waals surface area contributed by atoms with E-state index in [2.05, 4.69) is 17.4 Å². The Kier molecular flexibility index (Phi) is 6.31. The SMILES string of the molecule is CCC(CC)[C@@H]1C(=O)N[C@H](C2Cc3ccccc3C2)C(=O)N1Cc1ccccc1C(N)=O. The largest absolute Gasteiger partial charge is 0.366 e. The Morgan fingerprint density at radius 1 is 1.03 bits per heavy atom. The minimum Gasteiger partial charge on any atom is -0.366 e. The molecule has 0 radical (unpaired) electrons. The number of hydrogen-bond donors (Lipinski definition) is 2. The van der Waals surface area contributed by atoms with Crippen LogP contribution in [0.5, 0.6) is 0 Å². The number of benzene rings is 2. The van der Waals surface area contributed by atoms with Crippen molar-refractivity contribution in [3.63, 3.8) is 0 Å². The lowest BCUT2D eigenvalue weighted by molar-refractivity contribution is -0.154. The molecule has 2 atom stereocenters. The van der Waals surface area contributed by atoms with Crippen LogP contribution >= 0.6 is 0 Å². The van der Waals surface area contributed by atoms with E-state index in [0.717, 1.165) is 25.7 Å². The van der Waals surface area contributed by atoms with Crippen molar-refractivity contribution in [3.05, 3.63) is 70.8 Å². The Morgan fingerprint density at radius 2 is 1.62 bits per heavy atom. The van der Waals surface area contributed by atoms with Gasteiger partial charge in [0.25, 0.3) is 0 Å². The van der Waals surface area contributed by atoms with Crippen LogP contribution < -0.4 is 11.1 Å². The molecule has 0 aromatic heterocycles. The number of carbonyl (C=O) groups is 3. The zero-order chi connectivity index (χ0) is 22.8. The van der Waals surface area contributed by atoms with E-state index < -0.39 is 18.0 Å². The van der Waals surface area contributed by atoms with Crippen LogP contribution in [0.4, 0.5) is 0 Å². The molecule has 1 heterocycles. The number of hydrogen-bond acceptors (Lipinski definition) is 3. The maximum absolute atomic E-state index is 13.8. The van der Waals surface area contributed by atoms with Crippen LogP contribution in [-0.4, -0.2) is 34.7 Å². The highest BCUT2D eigenvalue weighted by Crippen LogP contribution is 2.33. The molecule has 0 unspecified atom stereocenters. The fourth-order valence-corrected chi connectivity index (χ4v) is 5.37. The van der Waals surface area contributed by atoms with E-state index in [0.29, 0.717) is 11.1 Å². The first kappa shape index (κ1) is 22.1. The number of piperazine rings is 1. The van der Waals surface area contributed by atoms with Gasteiger partial charge in [-0.15, -0.1) is 0 Å². The normalized spacial score (nSPS) is 21.0. The number of amides is 3. The molecule has 0 bridgehead atoms. The summed E-state index contributed by atoms with van der Waals surface area (Å²) in [4.78, 5) is 40.9. The molecule has 0 saturated carbocycles. The summed E-state index contributed by atoms with van der Waals surface area (Å²) in [5.74, 6) is -0.632. The molecule has 1 aliphatic carbocycles. The molecule has 0 spiro atoms. The Labute approximate surface area is 189 Å². The van der Waals surface area contributed by atoms with Gasteiger partial charge in [-0.1, -0.05) is 69.2 Å². The van der Waals surface area contributed by atoms with Gasteiger partial charge in [-0.05, 0) is 47.4 Å². The number of nitrogens with zero attached hydrogens (tertiary/aromatic N) is 1. The van der Waals surface area contributed by atoms with E-state index >= 15 is 0 Å². The van der Waals surface area contributed by atoms with Crippen molar-refractivity contribution in [2.75, 3.05) is 0 Å². The van der Waals surface area contributed by atoms with Crippen LogP contribution in [0.15, 0.2) is 48.5 Å². The second-order valence-electron chi connectivity index (χ2n) is 8.93. The van der Waals surface area contributed by atoms with Crippen molar-refractivity contribution < 1.29 is 14.4 Å². The molecule has 3 amide bonds. The van der Waals surface area contributed by atoms with E-state index in [1.165, 1.54) is 11.1 Å². The molecule has 2 aromatic carbocycles. The summed E-state index contributed by atoms with van der Waals surface area (Å²) < 4.78 is 0. The third-order valence-electron chi connectivity index (χ3n) is 7.12. The summed E-state index contributed by atoms with van der Waals surface area (Å²) in [7, 11) is 0. The lowest BCUT2D eigenvalue weighted by Gasteiger charge is -2.44. The Hall–Kier alpha value is -3.15. The highest BCUT2D eigenvalue weighted by Gasteiger charge is 2.47. The Morgan fingerprint density at radius 3 is 2.22 bits per heavy atom.